The quantitative estimate of drug-likeness (QED) is 0.587. The molecule has 0 spiro atoms. The molecule has 2 aromatic rings. The maximum Gasteiger partial charge on any atom is 0.376 e. The molecule has 0 N–H and O–H groups in total. The number of carbonyl (C=O) groups is 1. The number of methoxy groups -OCH3 is 1. The zero-order valence-electron chi connectivity index (χ0n) is 10.8. The molecule has 0 fully saturated rings. The molecule has 100 valence electrons. The van der Waals surface area contributed by atoms with Crippen LogP contribution in [0.5, 0.6) is 0 Å². The van der Waals surface area contributed by atoms with Crippen molar-refractivity contribution in [1.82, 2.24) is 19.9 Å². The highest BCUT2D eigenvalue weighted by atomic mass is 35.5. The second-order valence-corrected chi connectivity index (χ2v) is 3.94. The van der Waals surface area contributed by atoms with Gasteiger partial charge in [0.25, 0.3) is 0 Å². The summed E-state index contributed by atoms with van der Waals surface area (Å²) in [4.78, 5) is 25.8. The smallest absolute Gasteiger partial charge is 0.376 e. The van der Waals surface area contributed by atoms with Crippen molar-refractivity contribution in [2.75, 3.05) is 7.11 Å². The van der Waals surface area contributed by atoms with Gasteiger partial charge in [-0.2, -0.15) is 0 Å². The molecule has 0 radical (unpaired) electrons. The number of hydrogen-bond acceptors (Lipinski definition) is 6. The molecular weight excluding hydrogens is 268 g/mol. The maximum atomic E-state index is 10.8. The third kappa shape index (κ3) is 5.39. The lowest BCUT2D eigenvalue weighted by Crippen LogP contribution is -2.06. The van der Waals surface area contributed by atoms with Crippen LogP contribution in [0.1, 0.15) is 21.7 Å². The first kappa shape index (κ1) is 15.0. The first-order chi connectivity index (χ1) is 9.02. The Kier molecular flexibility index (Phi) is 5.81. The molecule has 0 aromatic carbocycles. The lowest BCUT2D eigenvalue weighted by atomic mass is 10.4. The van der Waals surface area contributed by atoms with E-state index in [1.54, 1.807) is 24.8 Å². The number of ether oxygens (including phenoxy) is 1. The van der Waals surface area contributed by atoms with Gasteiger partial charge in [-0.1, -0.05) is 0 Å². The Labute approximate surface area is 115 Å². The standard InChI is InChI=1S/C7H8N2O2.C5H5ClN2/c1-5-3-8-6(9-4-5)7(10)11-2;1-4-2-7-5(6)8-3-4/h3-4H,1-2H3;2-3H,1H3. The zero-order valence-corrected chi connectivity index (χ0v) is 11.5. The Morgan fingerprint density at radius 3 is 1.79 bits per heavy atom. The molecule has 2 aromatic heterocycles. The summed E-state index contributed by atoms with van der Waals surface area (Å²) in [5, 5.41) is 0.301. The topological polar surface area (TPSA) is 77.9 Å². The second-order valence-electron chi connectivity index (χ2n) is 3.61. The monoisotopic (exact) mass is 280 g/mol. The van der Waals surface area contributed by atoms with Gasteiger partial charge in [0.2, 0.25) is 11.1 Å². The van der Waals surface area contributed by atoms with Gasteiger partial charge in [0.15, 0.2) is 0 Å². The Morgan fingerprint density at radius 2 is 1.42 bits per heavy atom. The molecule has 0 aliphatic heterocycles. The molecule has 0 saturated heterocycles. The molecule has 7 heteroatoms. The Hall–Kier alpha value is -2.08. The molecule has 0 aliphatic rings. The summed E-state index contributed by atoms with van der Waals surface area (Å²) in [6, 6.07) is 0. The van der Waals surface area contributed by atoms with Gasteiger partial charge in [0.1, 0.15) is 0 Å². The largest absolute Gasteiger partial charge is 0.463 e. The lowest BCUT2D eigenvalue weighted by molar-refractivity contribution is 0.0586. The van der Waals surface area contributed by atoms with Gasteiger partial charge >= 0.3 is 5.97 Å². The van der Waals surface area contributed by atoms with Crippen molar-refractivity contribution in [3.05, 3.63) is 47.0 Å². The molecular formula is C12H13ClN4O2. The highest BCUT2D eigenvalue weighted by molar-refractivity contribution is 6.28. The van der Waals surface area contributed by atoms with Gasteiger partial charge in [-0.25, -0.2) is 24.7 Å². The van der Waals surface area contributed by atoms with E-state index in [1.165, 1.54) is 7.11 Å². The summed E-state index contributed by atoms with van der Waals surface area (Å²) in [5.41, 5.74) is 1.94. The van der Waals surface area contributed by atoms with Crippen LogP contribution in [0.4, 0.5) is 0 Å². The van der Waals surface area contributed by atoms with Crippen molar-refractivity contribution < 1.29 is 9.53 Å². The van der Waals surface area contributed by atoms with E-state index in [1.807, 2.05) is 13.8 Å². The molecule has 19 heavy (non-hydrogen) atoms. The first-order valence-corrected chi connectivity index (χ1v) is 5.72. The van der Waals surface area contributed by atoms with Crippen molar-refractivity contribution >= 4 is 17.6 Å². The van der Waals surface area contributed by atoms with E-state index in [0.29, 0.717) is 5.28 Å². The third-order valence-electron chi connectivity index (χ3n) is 1.90. The Morgan fingerprint density at radius 1 is 1.00 bits per heavy atom. The van der Waals surface area contributed by atoms with Crippen LogP contribution in [0.3, 0.4) is 0 Å². The summed E-state index contributed by atoms with van der Waals surface area (Å²) in [6.45, 7) is 3.76. The summed E-state index contributed by atoms with van der Waals surface area (Å²) >= 11 is 5.39. The number of hydrogen-bond donors (Lipinski definition) is 0. The minimum atomic E-state index is -0.509. The molecule has 2 rings (SSSR count). The Bertz CT molecular complexity index is 507. The third-order valence-corrected chi connectivity index (χ3v) is 2.09. The second kappa shape index (κ2) is 7.38. The van der Waals surface area contributed by atoms with Gasteiger partial charge in [0, 0.05) is 24.8 Å². The Balaban J connectivity index is 0.000000200. The predicted molar refractivity (Wildman–Crippen MR) is 69.9 cm³/mol. The first-order valence-electron chi connectivity index (χ1n) is 5.34. The minimum Gasteiger partial charge on any atom is -0.463 e. The van der Waals surface area contributed by atoms with Crippen molar-refractivity contribution in [2.24, 2.45) is 0 Å². The fourth-order valence-electron chi connectivity index (χ4n) is 0.966. The molecule has 0 unspecified atom stereocenters. The van der Waals surface area contributed by atoms with Crippen LogP contribution in [0.25, 0.3) is 0 Å². The summed E-state index contributed by atoms with van der Waals surface area (Å²) in [7, 11) is 1.30. The highest BCUT2D eigenvalue weighted by Gasteiger charge is 2.06. The molecule has 2 heterocycles. The number of aryl methyl sites for hydroxylation is 2. The van der Waals surface area contributed by atoms with E-state index in [9.17, 15) is 4.79 Å². The van der Waals surface area contributed by atoms with E-state index in [0.717, 1.165) is 11.1 Å². The predicted octanol–water partition coefficient (Wildman–Crippen LogP) is 2.01. The molecule has 0 atom stereocenters. The SMILES string of the molecule is COC(=O)c1ncc(C)cn1.Cc1cnc(Cl)nc1. The van der Waals surface area contributed by atoms with E-state index < -0.39 is 5.97 Å². The summed E-state index contributed by atoms with van der Waals surface area (Å²) in [6.07, 6.45) is 6.49. The van der Waals surface area contributed by atoms with Crippen LogP contribution in [0, 0.1) is 13.8 Å². The van der Waals surface area contributed by atoms with E-state index in [2.05, 4.69) is 24.7 Å². The average molecular weight is 281 g/mol. The fourth-order valence-corrected chi connectivity index (χ4v) is 1.06. The van der Waals surface area contributed by atoms with Crippen LogP contribution in [-0.2, 0) is 4.74 Å². The van der Waals surface area contributed by atoms with Crippen molar-refractivity contribution in [3.8, 4) is 0 Å². The van der Waals surface area contributed by atoms with Gasteiger partial charge in [-0.15, -0.1) is 0 Å². The maximum absolute atomic E-state index is 10.8. The average Bonchev–Trinajstić information content (AvgIpc) is 2.43. The van der Waals surface area contributed by atoms with Gasteiger partial charge in [0.05, 0.1) is 7.11 Å². The van der Waals surface area contributed by atoms with Gasteiger partial charge in [-0.05, 0) is 36.6 Å². The van der Waals surface area contributed by atoms with Gasteiger partial charge in [-0.3, -0.25) is 0 Å². The minimum absolute atomic E-state index is 0.0955. The highest BCUT2D eigenvalue weighted by Crippen LogP contribution is 1.97. The lowest BCUT2D eigenvalue weighted by Gasteiger charge is -1.95. The number of halogens is 1. The number of carbonyl (C=O) groups excluding carboxylic acids is 1. The normalized spacial score (nSPS) is 9.26. The summed E-state index contributed by atoms with van der Waals surface area (Å²) < 4.78 is 4.41. The molecule has 0 aliphatic carbocycles. The van der Waals surface area contributed by atoms with Crippen LogP contribution >= 0.6 is 11.6 Å². The number of nitrogens with zero attached hydrogens (tertiary/aromatic N) is 4. The van der Waals surface area contributed by atoms with Crippen molar-refractivity contribution in [2.45, 2.75) is 13.8 Å². The van der Waals surface area contributed by atoms with Crippen LogP contribution in [0.15, 0.2) is 24.8 Å². The van der Waals surface area contributed by atoms with E-state index >= 15 is 0 Å². The van der Waals surface area contributed by atoms with E-state index in [4.69, 9.17) is 11.6 Å². The number of aromatic nitrogens is 4. The van der Waals surface area contributed by atoms with Crippen LogP contribution in [-0.4, -0.2) is 33.0 Å². The summed E-state index contributed by atoms with van der Waals surface area (Å²) in [5.74, 6) is -0.414. The van der Waals surface area contributed by atoms with Crippen LogP contribution in [0.2, 0.25) is 5.28 Å². The van der Waals surface area contributed by atoms with Crippen LogP contribution < -0.4 is 0 Å². The van der Waals surface area contributed by atoms with E-state index in [-0.39, 0.29) is 5.82 Å². The van der Waals surface area contributed by atoms with Crippen molar-refractivity contribution in [1.29, 1.82) is 0 Å². The molecule has 0 amide bonds. The number of esters is 1. The molecule has 6 nitrogen and oxygen atoms in total. The molecule has 0 saturated carbocycles. The van der Waals surface area contributed by atoms with Crippen molar-refractivity contribution in [3.63, 3.8) is 0 Å². The number of rotatable bonds is 1. The zero-order chi connectivity index (χ0) is 14.3. The molecule has 0 bridgehead atoms. The fraction of sp³-hybridized carbons (Fsp3) is 0.250. The van der Waals surface area contributed by atoms with Gasteiger partial charge < -0.3 is 4.74 Å².